The van der Waals surface area contributed by atoms with Crippen LogP contribution in [-0.2, 0) is 21.4 Å². The van der Waals surface area contributed by atoms with Crippen molar-refractivity contribution in [2.24, 2.45) is 0 Å². The van der Waals surface area contributed by atoms with Gasteiger partial charge in [0, 0.05) is 11.4 Å². The van der Waals surface area contributed by atoms with E-state index in [4.69, 9.17) is 4.74 Å². The number of esters is 1. The van der Waals surface area contributed by atoms with Gasteiger partial charge in [-0.25, -0.2) is 17.9 Å². The predicted molar refractivity (Wildman–Crippen MR) is 99.4 cm³/mol. The topological polar surface area (TPSA) is 72.5 Å². The maximum absolute atomic E-state index is 12.4. The molecule has 0 spiro atoms. The average Bonchev–Trinajstić information content (AvgIpc) is 2.60. The van der Waals surface area contributed by atoms with Crippen molar-refractivity contribution >= 4 is 27.8 Å². The highest BCUT2D eigenvalue weighted by Crippen LogP contribution is 2.18. The van der Waals surface area contributed by atoms with Gasteiger partial charge < -0.3 is 4.74 Å². The number of thioether (sulfide) groups is 1. The molecular weight excluding hydrogens is 358 g/mol. The van der Waals surface area contributed by atoms with Gasteiger partial charge in [0.25, 0.3) is 0 Å². The van der Waals surface area contributed by atoms with Gasteiger partial charge in [-0.05, 0) is 48.6 Å². The number of rotatable bonds is 7. The Hall–Kier alpha value is -1.83. The van der Waals surface area contributed by atoms with Crippen molar-refractivity contribution in [3.63, 3.8) is 0 Å². The molecule has 1 N–H and O–H groups in total. The van der Waals surface area contributed by atoms with Crippen LogP contribution in [0.2, 0.25) is 0 Å². The van der Waals surface area contributed by atoms with Crippen molar-refractivity contribution in [1.82, 2.24) is 4.72 Å². The van der Waals surface area contributed by atoms with E-state index in [0.717, 1.165) is 10.5 Å². The molecule has 0 aliphatic rings. The van der Waals surface area contributed by atoms with E-state index < -0.39 is 16.0 Å². The Morgan fingerprint density at radius 3 is 2.44 bits per heavy atom. The highest BCUT2D eigenvalue weighted by atomic mass is 32.2. The second kappa shape index (κ2) is 8.51. The quantitative estimate of drug-likeness (QED) is 0.590. The maximum Gasteiger partial charge on any atom is 0.338 e. The van der Waals surface area contributed by atoms with Crippen LogP contribution in [-0.4, -0.2) is 27.2 Å². The first-order valence-electron chi connectivity index (χ1n) is 7.77. The molecular formula is C18H21NO4S2. The van der Waals surface area contributed by atoms with Crippen LogP contribution in [0.4, 0.5) is 0 Å². The fourth-order valence-corrected chi connectivity index (χ4v) is 3.69. The van der Waals surface area contributed by atoms with Crippen LogP contribution in [0.15, 0.2) is 52.3 Å². The van der Waals surface area contributed by atoms with Crippen LogP contribution in [0.5, 0.6) is 0 Å². The minimum absolute atomic E-state index is 0.0521. The summed E-state index contributed by atoms with van der Waals surface area (Å²) < 4.78 is 31.9. The molecule has 0 atom stereocenters. The molecule has 0 radical (unpaired) electrons. The molecule has 2 aromatic rings. The van der Waals surface area contributed by atoms with Gasteiger partial charge in [-0.15, -0.1) is 11.8 Å². The van der Waals surface area contributed by atoms with Crippen molar-refractivity contribution in [2.45, 2.75) is 30.2 Å². The summed E-state index contributed by atoms with van der Waals surface area (Å²) in [5, 5.41) is 0. The average molecular weight is 380 g/mol. The van der Waals surface area contributed by atoms with Crippen LogP contribution >= 0.6 is 11.8 Å². The molecule has 5 nitrogen and oxygen atoms in total. The predicted octanol–water partition coefficient (Wildman–Crippen LogP) is 3.37. The molecule has 0 bridgehead atoms. The molecule has 0 amide bonds. The molecule has 0 fully saturated rings. The first kappa shape index (κ1) is 19.5. The Morgan fingerprint density at radius 1 is 1.16 bits per heavy atom. The van der Waals surface area contributed by atoms with Crippen LogP contribution in [0, 0.1) is 6.92 Å². The number of carbonyl (C=O) groups excluding carboxylic acids is 1. The van der Waals surface area contributed by atoms with Gasteiger partial charge in [-0.2, -0.15) is 0 Å². The lowest BCUT2D eigenvalue weighted by atomic mass is 10.1. The molecule has 7 heteroatoms. The third-order valence-corrected chi connectivity index (χ3v) is 5.89. The summed E-state index contributed by atoms with van der Waals surface area (Å²) in [6.07, 6.45) is 1.99. The summed E-state index contributed by atoms with van der Waals surface area (Å²) in [6.45, 7) is 3.86. The van der Waals surface area contributed by atoms with E-state index in [0.29, 0.717) is 5.56 Å². The van der Waals surface area contributed by atoms with E-state index in [1.807, 2.05) is 30.5 Å². The minimum Gasteiger partial charge on any atom is -0.457 e. The van der Waals surface area contributed by atoms with Crippen LogP contribution in [0.25, 0.3) is 0 Å². The summed E-state index contributed by atoms with van der Waals surface area (Å²) in [5.41, 5.74) is 1.79. The number of hydrogen-bond donors (Lipinski definition) is 1. The van der Waals surface area contributed by atoms with Gasteiger partial charge in [0.2, 0.25) is 10.0 Å². The van der Waals surface area contributed by atoms with Gasteiger partial charge in [0.05, 0.1) is 10.5 Å². The number of ether oxygens (including phenoxy) is 1. The number of aryl methyl sites for hydroxylation is 1. The summed E-state index contributed by atoms with van der Waals surface area (Å²) in [5.74, 6) is -0.542. The van der Waals surface area contributed by atoms with E-state index >= 15 is 0 Å². The zero-order valence-electron chi connectivity index (χ0n) is 14.4. The van der Waals surface area contributed by atoms with Gasteiger partial charge in [-0.3, -0.25) is 0 Å². The van der Waals surface area contributed by atoms with Crippen LogP contribution in [0.3, 0.4) is 0 Å². The zero-order chi connectivity index (χ0) is 18.4. The molecule has 0 unspecified atom stereocenters. The fraction of sp³-hybridized carbons (Fsp3) is 0.278. The van der Waals surface area contributed by atoms with Crippen molar-refractivity contribution in [3.8, 4) is 0 Å². The summed E-state index contributed by atoms with van der Waals surface area (Å²) in [6, 6.07) is 12.2. The standard InChI is InChI=1S/C18H21NO4S2/c1-4-19-25(21,22)16-10-5-13(2)17(11-16)18(20)23-12-14-6-8-15(24-3)9-7-14/h5-11,19H,4,12H2,1-3H3. The zero-order valence-corrected chi connectivity index (χ0v) is 16.0. The Bertz CT molecular complexity index is 846. The van der Waals surface area contributed by atoms with Crippen molar-refractivity contribution < 1.29 is 17.9 Å². The molecule has 134 valence electrons. The minimum atomic E-state index is -3.62. The number of nitrogens with one attached hydrogen (secondary N) is 1. The van der Waals surface area contributed by atoms with E-state index in [-0.39, 0.29) is 23.6 Å². The number of hydrogen-bond acceptors (Lipinski definition) is 5. The van der Waals surface area contributed by atoms with E-state index in [1.165, 1.54) is 12.1 Å². The third kappa shape index (κ3) is 5.07. The molecule has 0 aromatic heterocycles. The first-order chi connectivity index (χ1) is 11.9. The Kier molecular flexibility index (Phi) is 6.64. The largest absolute Gasteiger partial charge is 0.457 e. The van der Waals surface area contributed by atoms with Gasteiger partial charge in [0.15, 0.2) is 0 Å². The SMILES string of the molecule is CCNS(=O)(=O)c1ccc(C)c(C(=O)OCc2ccc(SC)cc2)c1. The molecule has 2 aromatic carbocycles. The number of benzene rings is 2. The monoisotopic (exact) mass is 379 g/mol. The number of carbonyl (C=O) groups is 1. The van der Waals surface area contributed by atoms with Crippen molar-refractivity contribution in [1.29, 1.82) is 0 Å². The fourth-order valence-electron chi connectivity index (χ4n) is 2.21. The summed E-state index contributed by atoms with van der Waals surface area (Å²) in [4.78, 5) is 13.5. The molecule has 25 heavy (non-hydrogen) atoms. The van der Waals surface area contributed by atoms with Crippen LogP contribution < -0.4 is 4.72 Å². The lowest BCUT2D eigenvalue weighted by molar-refractivity contribution is 0.0471. The van der Waals surface area contributed by atoms with E-state index in [9.17, 15) is 13.2 Å². The summed E-state index contributed by atoms with van der Waals surface area (Å²) >= 11 is 1.64. The maximum atomic E-state index is 12.4. The Morgan fingerprint density at radius 2 is 1.84 bits per heavy atom. The van der Waals surface area contributed by atoms with E-state index in [1.54, 1.807) is 31.7 Å². The molecule has 0 saturated heterocycles. The molecule has 0 aliphatic carbocycles. The smallest absolute Gasteiger partial charge is 0.338 e. The van der Waals surface area contributed by atoms with Crippen molar-refractivity contribution in [2.75, 3.05) is 12.8 Å². The highest BCUT2D eigenvalue weighted by molar-refractivity contribution is 7.98. The normalized spacial score (nSPS) is 11.3. The Balaban J connectivity index is 2.15. The van der Waals surface area contributed by atoms with Gasteiger partial charge >= 0.3 is 5.97 Å². The van der Waals surface area contributed by atoms with E-state index in [2.05, 4.69) is 4.72 Å². The lowest BCUT2D eigenvalue weighted by Gasteiger charge is -2.10. The summed E-state index contributed by atoms with van der Waals surface area (Å²) in [7, 11) is -3.62. The third-order valence-electron chi connectivity index (χ3n) is 3.60. The van der Waals surface area contributed by atoms with Crippen LogP contribution in [0.1, 0.15) is 28.4 Å². The number of sulfonamides is 1. The van der Waals surface area contributed by atoms with Crippen molar-refractivity contribution in [3.05, 3.63) is 59.2 Å². The molecule has 2 rings (SSSR count). The lowest BCUT2D eigenvalue weighted by Crippen LogP contribution is -2.23. The van der Waals surface area contributed by atoms with Gasteiger partial charge in [0.1, 0.15) is 6.61 Å². The molecule has 0 saturated carbocycles. The highest BCUT2D eigenvalue weighted by Gasteiger charge is 2.18. The second-order valence-corrected chi connectivity index (χ2v) is 8.05. The Labute approximate surface area is 152 Å². The molecule has 0 aliphatic heterocycles. The second-order valence-electron chi connectivity index (χ2n) is 5.40. The first-order valence-corrected chi connectivity index (χ1v) is 10.5. The van der Waals surface area contributed by atoms with Gasteiger partial charge in [-0.1, -0.05) is 25.1 Å². The molecule has 0 heterocycles.